The normalized spacial score (nSPS) is 10.6. The number of benzene rings is 2. The zero-order valence-electron chi connectivity index (χ0n) is 17.1. The first-order valence-electron chi connectivity index (χ1n) is 9.81. The van der Waals surface area contributed by atoms with E-state index in [9.17, 15) is 14.0 Å². The Bertz CT molecular complexity index is 1270. The van der Waals surface area contributed by atoms with Crippen molar-refractivity contribution in [3.8, 4) is 11.3 Å². The van der Waals surface area contributed by atoms with Crippen molar-refractivity contribution in [1.29, 1.82) is 0 Å². The van der Waals surface area contributed by atoms with Gasteiger partial charge in [-0.3, -0.25) is 14.6 Å². The predicted octanol–water partition coefficient (Wildman–Crippen LogP) is 4.83. The molecule has 0 saturated carbocycles. The highest BCUT2D eigenvalue weighted by atomic mass is 32.1. The maximum atomic E-state index is 13.9. The lowest BCUT2D eigenvalue weighted by Gasteiger charge is -2.11. The second-order valence-corrected chi connectivity index (χ2v) is 7.95. The lowest BCUT2D eigenvalue weighted by molar-refractivity contribution is 0.0949. The second kappa shape index (κ2) is 9.49. The quantitative estimate of drug-likeness (QED) is 0.444. The monoisotopic (exact) mass is 446 g/mol. The van der Waals surface area contributed by atoms with Crippen LogP contribution < -0.4 is 10.6 Å². The molecule has 0 bridgehead atoms. The van der Waals surface area contributed by atoms with Crippen molar-refractivity contribution in [1.82, 2.24) is 15.3 Å². The molecule has 2 aromatic carbocycles. The van der Waals surface area contributed by atoms with E-state index >= 15 is 0 Å². The summed E-state index contributed by atoms with van der Waals surface area (Å²) in [5, 5.41) is 8.23. The van der Waals surface area contributed by atoms with Crippen LogP contribution >= 0.6 is 11.3 Å². The number of aryl methyl sites for hydroxylation is 1. The summed E-state index contributed by atoms with van der Waals surface area (Å²) in [7, 11) is 0. The number of halogens is 1. The smallest absolute Gasteiger partial charge is 0.258 e. The molecule has 2 amide bonds. The van der Waals surface area contributed by atoms with Crippen LogP contribution in [0.3, 0.4) is 0 Å². The third kappa shape index (κ3) is 4.87. The van der Waals surface area contributed by atoms with Gasteiger partial charge in [-0.1, -0.05) is 18.2 Å². The van der Waals surface area contributed by atoms with Crippen LogP contribution in [0.4, 0.5) is 10.1 Å². The van der Waals surface area contributed by atoms with Crippen LogP contribution in [0, 0.1) is 12.7 Å². The number of nitrogens with one attached hydrogen (secondary N) is 2. The van der Waals surface area contributed by atoms with Crippen LogP contribution in [0.1, 0.15) is 31.3 Å². The lowest BCUT2D eigenvalue weighted by atomic mass is 10.1. The summed E-state index contributed by atoms with van der Waals surface area (Å²) >= 11 is 1.46. The molecule has 4 aromatic rings. The van der Waals surface area contributed by atoms with Crippen LogP contribution in [-0.2, 0) is 6.54 Å². The zero-order chi connectivity index (χ0) is 22.5. The maximum absolute atomic E-state index is 13.9. The van der Waals surface area contributed by atoms with Crippen molar-refractivity contribution in [3.63, 3.8) is 0 Å². The number of nitrogens with zero attached hydrogens (tertiary/aromatic N) is 2. The molecule has 2 N–H and O–H groups in total. The number of pyridine rings is 1. The summed E-state index contributed by atoms with van der Waals surface area (Å²) < 4.78 is 13.9. The van der Waals surface area contributed by atoms with Gasteiger partial charge in [0.15, 0.2) is 0 Å². The lowest BCUT2D eigenvalue weighted by Crippen LogP contribution is -2.23. The van der Waals surface area contributed by atoms with Crippen molar-refractivity contribution in [2.75, 3.05) is 5.32 Å². The molecule has 6 nitrogen and oxygen atoms in total. The summed E-state index contributed by atoms with van der Waals surface area (Å²) in [4.78, 5) is 33.6. The minimum Gasteiger partial charge on any atom is -0.346 e. The van der Waals surface area contributed by atoms with Crippen LogP contribution in [0.25, 0.3) is 11.3 Å². The molecule has 0 radical (unpaired) electrons. The molecular formula is C24H19FN4O2S. The van der Waals surface area contributed by atoms with Gasteiger partial charge in [-0.15, -0.1) is 11.3 Å². The number of carbonyl (C=O) groups is 2. The van der Waals surface area contributed by atoms with E-state index in [0.717, 1.165) is 21.8 Å². The molecule has 160 valence electrons. The van der Waals surface area contributed by atoms with Crippen LogP contribution in [0.5, 0.6) is 0 Å². The first-order chi connectivity index (χ1) is 15.5. The number of thiazole rings is 1. The topological polar surface area (TPSA) is 84.0 Å². The number of rotatable bonds is 6. The molecule has 0 aliphatic heterocycles. The van der Waals surface area contributed by atoms with Gasteiger partial charge in [0.05, 0.1) is 17.8 Å². The minimum atomic E-state index is -0.605. The number of hydrogen-bond donors (Lipinski definition) is 2. The Hall–Kier alpha value is -3.91. The first-order valence-corrected chi connectivity index (χ1v) is 10.7. The van der Waals surface area contributed by atoms with Crippen molar-refractivity contribution in [2.45, 2.75) is 13.5 Å². The third-order valence-electron chi connectivity index (χ3n) is 4.79. The third-order valence-corrected chi connectivity index (χ3v) is 5.64. The fourth-order valence-electron chi connectivity index (χ4n) is 3.04. The molecule has 0 aliphatic carbocycles. The molecule has 0 saturated heterocycles. The van der Waals surface area contributed by atoms with Crippen LogP contribution in [-0.4, -0.2) is 21.8 Å². The molecular weight excluding hydrogens is 427 g/mol. The Morgan fingerprint density at radius 3 is 2.59 bits per heavy atom. The Balaban J connectivity index is 1.43. The minimum absolute atomic E-state index is 0.0597. The molecule has 2 heterocycles. The summed E-state index contributed by atoms with van der Waals surface area (Å²) in [6.07, 6.45) is 3.41. The molecule has 0 atom stereocenters. The Kier molecular flexibility index (Phi) is 6.32. The molecule has 0 aliphatic rings. The van der Waals surface area contributed by atoms with E-state index in [4.69, 9.17) is 0 Å². The number of hydrogen-bond acceptors (Lipinski definition) is 5. The van der Waals surface area contributed by atoms with E-state index in [2.05, 4.69) is 20.6 Å². The van der Waals surface area contributed by atoms with Gasteiger partial charge in [0.2, 0.25) is 0 Å². The standard InChI is InChI=1S/C24H19FN4O2S/c1-15-6-7-17(12-20(15)29-24(31)18-4-2-3-5-19(18)25)23(30)27-13-22-28-21(14-32-22)16-8-10-26-11-9-16/h2-12,14H,13H2,1H3,(H,27,30)(H,29,31). The highest BCUT2D eigenvalue weighted by Crippen LogP contribution is 2.22. The molecule has 4 rings (SSSR count). The number of amides is 2. The second-order valence-electron chi connectivity index (χ2n) is 7.01. The van der Waals surface area contributed by atoms with Gasteiger partial charge in [-0.05, 0) is 48.9 Å². The molecule has 0 spiro atoms. The SMILES string of the molecule is Cc1ccc(C(=O)NCc2nc(-c3ccncc3)cs2)cc1NC(=O)c1ccccc1F. The van der Waals surface area contributed by atoms with Crippen molar-refractivity contribution in [3.05, 3.63) is 99.9 Å². The highest BCUT2D eigenvalue weighted by Gasteiger charge is 2.14. The van der Waals surface area contributed by atoms with Crippen molar-refractivity contribution >= 4 is 28.8 Å². The summed E-state index contributed by atoms with van der Waals surface area (Å²) in [6.45, 7) is 2.08. The summed E-state index contributed by atoms with van der Waals surface area (Å²) in [6, 6.07) is 14.5. The van der Waals surface area contributed by atoms with Crippen molar-refractivity contribution < 1.29 is 14.0 Å². The van der Waals surface area contributed by atoms with Crippen LogP contribution in [0.2, 0.25) is 0 Å². The molecule has 2 aromatic heterocycles. The number of carbonyl (C=O) groups excluding carboxylic acids is 2. The number of anilines is 1. The van der Waals surface area contributed by atoms with Crippen LogP contribution in [0.15, 0.2) is 72.4 Å². The fraction of sp³-hybridized carbons (Fsp3) is 0.0833. The van der Waals surface area contributed by atoms with Gasteiger partial charge in [0, 0.05) is 34.6 Å². The van der Waals surface area contributed by atoms with E-state index in [1.54, 1.807) is 43.6 Å². The first kappa shape index (κ1) is 21.3. The van der Waals surface area contributed by atoms with E-state index < -0.39 is 11.7 Å². The fourth-order valence-corrected chi connectivity index (χ4v) is 3.78. The van der Waals surface area contributed by atoms with Gasteiger partial charge < -0.3 is 10.6 Å². The number of aromatic nitrogens is 2. The van der Waals surface area contributed by atoms with Gasteiger partial charge in [-0.25, -0.2) is 9.37 Å². The van der Waals surface area contributed by atoms with Gasteiger partial charge >= 0.3 is 0 Å². The Morgan fingerprint density at radius 2 is 1.81 bits per heavy atom. The largest absolute Gasteiger partial charge is 0.346 e. The highest BCUT2D eigenvalue weighted by molar-refractivity contribution is 7.09. The average Bonchev–Trinajstić information content (AvgIpc) is 3.29. The van der Waals surface area contributed by atoms with E-state index in [0.29, 0.717) is 11.3 Å². The van der Waals surface area contributed by atoms with E-state index in [1.165, 1.54) is 29.5 Å². The summed E-state index contributed by atoms with van der Waals surface area (Å²) in [5.41, 5.74) is 3.31. The van der Waals surface area contributed by atoms with Crippen molar-refractivity contribution in [2.24, 2.45) is 0 Å². The van der Waals surface area contributed by atoms with Gasteiger partial charge in [0.25, 0.3) is 11.8 Å². The van der Waals surface area contributed by atoms with E-state index in [1.807, 2.05) is 17.5 Å². The van der Waals surface area contributed by atoms with E-state index in [-0.39, 0.29) is 18.0 Å². The van der Waals surface area contributed by atoms with Gasteiger partial charge in [0.1, 0.15) is 10.8 Å². The average molecular weight is 447 g/mol. The molecule has 8 heteroatoms. The molecule has 0 unspecified atom stereocenters. The van der Waals surface area contributed by atoms with Gasteiger partial charge in [-0.2, -0.15) is 0 Å². The molecule has 32 heavy (non-hydrogen) atoms. The Morgan fingerprint density at radius 1 is 1.03 bits per heavy atom. The summed E-state index contributed by atoms with van der Waals surface area (Å²) in [5.74, 6) is -1.48. The Labute approximate surface area is 188 Å². The maximum Gasteiger partial charge on any atom is 0.258 e. The predicted molar refractivity (Wildman–Crippen MR) is 122 cm³/mol. The zero-order valence-corrected chi connectivity index (χ0v) is 17.9. The molecule has 0 fully saturated rings.